The van der Waals surface area contributed by atoms with E-state index in [2.05, 4.69) is 0 Å². The van der Waals surface area contributed by atoms with E-state index in [1.54, 1.807) is 6.07 Å². The van der Waals surface area contributed by atoms with E-state index in [4.69, 9.17) is 15.9 Å². The molecular weight excluding hydrogens is 232 g/mol. The molecule has 1 rings (SSSR count). The first-order valence-corrected chi connectivity index (χ1v) is 5.89. The molecule has 0 fully saturated rings. The standard InChI is InChI=1S/C13H20N2O3/c1-9-7-10(2)12(14)8-11(9)13(18)15(3-5-16)4-6-17/h7-8,16-17H,3-6,14H2,1-2H3. The van der Waals surface area contributed by atoms with Crippen molar-refractivity contribution in [3.05, 3.63) is 28.8 Å². The molecule has 0 saturated carbocycles. The van der Waals surface area contributed by atoms with Crippen molar-refractivity contribution in [2.75, 3.05) is 32.0 Å². The van der Waals surface area contributed by atoms with Gasteiger partial charge in [-0.15, -0.1) is 0 Å². The Kier molecular flexibility index (Phi) is 5.12. The summed E-state index contributed by atoms with van der Waals surface area (Å²) in [5.41, 5.74) is 8.66. The van der Waals surface area contributed by atoms with Gasteiger partial charge in [-0.1, -0.05) is 6.07 Å². The lowest BCUT2D eigenvalue weighted by atomic mass is 10.0. The quantitative estimate of drug-likeness (QED) is 0.658. The Morgan fingerprint density at radius 1 is 1.17 bits per heavy atom. The minimum absolute atomic E-state index is 0.133. The van der Waals surface area contributed by atoms with Gasteiger partial charge in [0.15, 0.2) is 0 Å². The van der Waals surface area contributed by atoms with Crippen LogP contribution < -0.4 is 5.73 Å². The van der Waals surface area contributed by atoms with Crippen LogP contribution in [-0.4, -0.2) is 47.3 Å². The molecule has 1 amide bonds. The van der Waals surface area contributed by atoms with Gasteiger partial charge in [0.05, 0.1) is 13.2 Å². The fourth-order valence-electron chi connectivity index (χ4n) is 1.83. The monoisotopic (exact) mass is 252 g/mol. The Balaban J connectivity index is 3.04. The van der Waals surface area contributed by atoms with Gasteiger partial charge in [-0.3, -0.25) is 4.79 Å². The predicted octanol–water partition coefficient (Wildman–Crippen LogP) is 0.312. The van der Waals surface area contributed by atoms with E-state index < -0.39 is 0 Å². The van der Waals surface area contributed by atoms with Crippen molar-refractivity contribution in [3.63, 3.8) is 0 Å². The van der Waals surface area contributed by atoms with Crippen LogP contribution in [0, 0.1) is 13.8 Å². The number of benzene rings is 1. The molecule has 1 aromatic carbocycles. The molecule has 18 heavy (non-hydrogen) atoms. The van der Waals surface area contributed by atoms with E-state index in [0.717, 1.165) is 11.1 Å². The van der Waals surface area contributed by atoms with E-state index in [-0.39, 0.29) is 32.2 Å². The molecule has 0 bridgehead atoms. The first kappa shape index (κ1) is 14.5. The second kappa shape index (κ2) is 6.37. The number of carbonyl (C=O) groups is 1. The lowest BCUT2D eigenvalue weighted by Gasteiger charge is -2.22. The highest BCUT2D eigenvalue weighted by Gasteiger charge is 2.17. The third-order valence-corrected chi connectivity index (χ3v) is 2.87. The Bertz CT molecular complexity index is 426. The maximum atomic E-state index is 12.3. The SMILES string of the molecule is Cc1cc(C)c(C(=O)N(CCO)CCO)cc1N. The van der Waals surface area contributed by atoms with Crippen molar-refractivity contribution in [1.29, 1.82) is 0 Å². The zero-order valence-electron chi connectivity index (χ0n) is 10.8. The van der Waals surface area contributed by atoms with Gasteiger partial charge < -0.3 is 20.8 Å². The molecule has 0 atom stereocenters. The summed E-state index contributed by atoms with van der Waals surface area (Å²) >= 11 is 0. The molecule has 100 valence electrons. The van der Waals surface area contributed by atoms with Gasteiger partial charge in [0, 0.05) is 24.3 Å². The van der Waals surface area contributed by atoms with Gasteiger partial charge in [0.25, 0.3) is 5.91 Å². The number of aliphatic hydroxyl groups excluding tert-OH is 2. The number of hydrogen-bond donors (Lipinski definition) is 3. The average Bonchev–Trinajstić information content (AvgIpc) is 2.33. The van der Waals surface area contributed by atoms with Gasteiger partial charge in [-0.05, 0) is 31.0 Å². The summed E-state index contributed by atoms with van der Waals surface area (Å²) in [5, 5.41) is 17.9. The fourth-order valence-corrected chi connectivity index (χ4v) is 1.83. The first-order valence-electron chi connectivity index (χ1n) is 5.89. The van der Waals surface area contributed by atoms with Crippen LogP contribution in [0.1, 0.15) is 21.5 Å². The highest BCUT2D eigenvalue weighted by atomic mass is 16.3. The van der Waals surface area contributed by atoms with Crippen LogP contribution >= 0.6 is 0 Å². The largest absolute Gasteiger partial charge is 0.398 e. The minimum Gasteiger partial charge on any atom is -0.398 e. The number of carbonyl (C=O) groups excluding carboxylic acids is 1. The maximum absolute atomic E-state index is 12.3. The number of amides is 1. The van der Waals surface area contributed by atoms with Crippen molar-refractivity contribution in [2.45, 2.75) is 13.8 Å². The molecule has 0 radical (unpaired) electrons. The van der Waals surface area contributed by atoms with Crippen molar-refractivity contribution in [3.8, 4) is 0 Å². The number of nitrogens with zero attached hydrogens (tertiary/aromatic N) is 1. The summed E-state index contributed by atoms with van der Waals surface area (Å²) in [5.74, 6) is -0.220. The number of hydrogen-bond acceptors (Lipinski definition) is 4. The number of anilines is 1. The number of aryl methyl sites for hydroxylation is 2. The third-order valence-electron chi connectivity index (χ3n) is 2.87. The smallest absolute Gasteiger partial charge is 0.254 e. The zero-order chi connectivity index (χ0) is 13.7. The van der Waals surface area contributed by atoms with Crippen LogP contribution in [0.25, 0.3) is 0 Å². The zero-order valence-corrected chi connectivity index (χ0v) is 10.8. The van der Waals surface area contributed by atoms with Crippen molar-refractivity contribution in [1.82, 2.24) is 4.90 Å². The summed E-state index contributed by atoms with van der Waals surface area (Å²) in [6.45, 7) is 3.86. The van der Waals surface area contributed by atoms with E-state index in [0.29, 0.717) is 11.3 Å². The fraction of sp³-hybridized carbons (Fsp3) is 0.462. The van der Waals surface area contributed by atoms with Crippen LogP contribution in [0.2, 0.25) is 0 Å². The van der Waals surface area contributed by atoms with Gasteiger partial charge in [-0.25, -0.2) is 0 Å². The van der Waals surface area contributed by atoms with Crippen molar-refractivity contribution in [2.24, 2.45) is 0 Å². The molecule has 0 aromatic heterocycles. The average molecular weight is 252 g/mol. The second-order valence-electron chi connectivity index (χ2n) is 4.26. The number of rotatable bonds is 5. The predicted molar refractivity (Wildman–Crippen MR) is 70.4 cm³/mol. The Hall–Kier alpha value is -1.59. The molecule has 5 nitrogen and oxygen atoms in total. The second-order valence-corrected chi connectivity index (χ2v) is 4.26. The molecule has 0 heterocycles. The van der Waals surface area contributed by atoms with Crippen LogP contribution in [0.4, 0.5) is 5.69 Å². The molecule has 0 aliphatic heterocycles. The van der Waals surface area contributed by atoms with Crippen LogP contribution in [-0.2, 0) is 0 Å². The number of nitrogens with two attached hydrogens (primary N) is 1. The minimum atomic E-state index is -0.220. The highest BCUT2D eigenvalue weighted by molar-refractivity contribution is 5.96. The van der Waals surface area contributed by atoms with E-state index in [1.165, 1.54) is 4.90 Å². The third kappa shape index (κ3) is 3.21. The Labute approximate surface area is 107 Å². The van der Waals surface area contributed by atoms with E-state index >= 15 is 0 Å². The molecule has 0 spiro atoms. The molecule has 4 N–H and O–H groups in total. The van der Waals surface area contributed by atoms with Crippen LogP contribution in [0.5, 0.6) is 0 Å². The normalized spacial score (nSPS) is 10.4. The number of nitrogen functional groups attached to an aromatic ring is 1. The summed E-state index contributed by atoms with van der Waals surface area (Å²) in [6, 6.07) is 3.51. The first-order chi connectivity index (χ1) is 8.51. The molecule has 0 aliphatic carbocycles. The number of aliphatic hydroxyl groups is 2. The topological polar surface area (TPSA) is 86.8 Å². The van der Waals surface area contributed by atoms with Gasteiger partial charge >= 0.3 is 0 Å². The van der Waals surface area contributed by atoms with E-state index in [1.807, 2.05) is 19.9 Å². The molecule has 5 heteroatoms. The molecule has 0 unspecified atom stereocenters. The van der Waals surface area contributed by atoms with Gasteiger partial charge in [-0.2, -0.15) is 0 Å². The van der Waals surface area contributed by atoms with Gasteiger partial charge in [0.1, 0.15) is 0 Å². The lowest BCUT2D eigenvalue weighted by Crippen LogP contribution is -2.36. The molecule has 1 aromatic rings. The van der Waals surface area contributed by atoms with Gasteiger partial charge in [0.2, 0.25) is 0 Å². The Morgan fingerprint density at radius 2 is 1.72 bits per heavy atom. The Morgan fingerprint density at radius 3 is 2.22 bits per heavy atom. The summed E-state index contributed by atoms with van der Waals surface area (Å²) < 4.78 is 0. The molecular formula is C13H20N2O3. The highest BCUT2D eigenvalue weighted by Crippen LogP contribution is 2.19. The van der Waals surface area contributed by atoms with Crippen LogP contribution in [0.3, 0.4) is 0 Å². The molecule has 0 aliphatic rings. The summed E-state index contributed by atoms with van der Waals surface area (Å²) in [7, 11) is 0. The van der Waals surface area contributed by atoms with E-state index in [9.17, 15) is 4.79 Å². The lowest BCUT2D eigenvalue weighted by molar-refractivity contribution is 0.0684. The summed E-state index contributed by atoms with van der Waals surface area (Å²) in [4.78, 5) is 13.7. The maximum Gasteiger partial charge on any atom is 0.254 e. The van der Waals surface area contributed by atoms with Crippen LogP contribution in [0.15, 0.2) is 12.1 Å². The van der Waals surface area contributed by atoms with Crippen molar-refractivity contribution < 1.29 is 15.0 Å². The molecule has 0 saturated heterocycles. The van der Waals surface area contributed by atoms with Crippen molar-refractivity contribution >= 4 is 11.6 Å². The summed E-state index contributed by atoms with van der Waals surface area (Å²) in [6.07, 6.45) is 0.